The van der Waals surface area contributed by atoms with Crippen molar-refractivity contribution in [1.29, 1.82) is 0 Å². The number of halogens is 1. The minimum Gasteiger partial charge on any atom is -0.377 e. The monoisotopic (exact) mass is 299 g/mol. The van der Waals surface area contributed by atoms with E-state index in [1.807, 2.05) is 6.92 Å². The first-order valence-corrected chi connectivity index (χ1v) is 7.32. The summed E-state index contributed by atoms with van der Waals surface area (Å²) >= 11 is 6.23. The van der Waals surface area contributed by atoms with Crippen molar-refractivity contribution in [2.24, 2.45) is 0 Å². The molecule has 2 rings (SSSR count). The van der Waals surface area contributed by atoms with E-state index < -0.39 is 0 Å². The van der Waals surface area contributed by atoms with Crippen LogP contribution < -0.4 is 4.90 Å². The van der Waals surface area contributed by atoms with Crippen LogP contribution in [0.1, 0.15) is 24.7 Å². The Balaban J connectivity index is 2.28. The fourth-order valence-electron chi connectivity index (χ4n) is 2.53. The molecule has 1 fully saturated rings. The van der Waals surface area contributed by atoms with E-state index in [1.54, 1.807) is 14.2 Å². The summed E-state index contributed by atoms with van der Waals surface area (Å²) in [6, 6.07) is 0. The summed E-state index contributed by atoms with van der Waals surface area (Å²) in [6.45, 7) is 5.58. The molecule has 1 aromatic rings. The van der Waals surface area contributed by atoms with Crippen LogP contribution in [0, 0.1) is 6.92 Å². The Labute approximate surface area is 125 Å². The van der Waals surface area contributed by atoms with E-state index in [0.717, 1.165) is 43.1 Å². The van der Waals surface area contributed by atoms with Crippen LogP contribution in [0.2, 0.25) is 5.15 Å². The number of methoxy groups -OCH3 is 2. The van der Waals surface area contributed by atoms with Crippen molar-refractivity contribution in [2.75, 3.05) is 32.2 Å². The lowest BCUT2D eigenvalue weighted by Crippen LogP contribution is -2.27. The summed E-state index contributed by atoms with van der Waals surface area (Å²) in [6.07, 6.45) is 1.95. The second-order valence-electron chi connectivity index (χ2n) is 5.08. The predicted molar refractivity (Wildman–Crippen MR) is 79.6 cm³/mol. The Bertz CT molecular complexity index is 458. The van der Waals surface area contributed by atoms with Crippen molar-refractivity contribution in [3.63, 3.8) is 0 Å². The number of nitrogens with zero attached hydrogens (tertiary/aromatic N) is 3. The van der Waals surface area contributed by atoms with Crippen LogP contribution >= 0.6 is 11.6 Å². The van der Waals surface area contributed by atoms with E-state index >= 15 is 0 Å². The molecule has 0 aromatic carbocycles. The van der Waals surface area contributed by atoms with Gasteiger partial charge in [-0.2, -0.15) is 0 Å². The van der Waals surface area contributed by atoms with Gasteiger partial charge < -0.3 is 14.4 Å². The van der Waals surface area contributed by atoms with Crippen LogP contribution in [0.15, 0.2) is 0 Å². The number of aryl methyl sites for hydroxylation is 1. The summed E-state index contributed by atoms with van der Waals surface area (Å²) < 4.78 is 10.9. The van der Waals surface area contributed by atoms with Crippen molar-refractivity contribution < 1.29 is 9.47 Å². The third kappa shape index (κ3) is 3.05. The van der Waals surface area contributed by atoms with Crippen LogP contribution in [0.4, 0.5) is 5.82 Å². The number of ether oxygens (including phenoxy) is 2. The summed E-state index contributed by atoms with van der Waals surface area (Å²) in [5.74, 6) is 1.70. The van der Waals surface area contributed by atoms with Gasteiger partial charge in [0.2, 0.25) is 0 Å². The maximum atomic E-state index is 6.23. The van der Waals surface area contributed by atoms with Crippen LogP contribution in [0.25, 0.3) is 0 Å². The first kappa shape index (κ1) is 15.5. The molecule has 2 heterocycles. The molecule has 0 N–H and O–H groups in total. The highest BCUT2D eigenvalue weighted by molar-refractivity contribution is 6.30. The van der Waals surface area contributed by atoms with E-state index in [9.17, 15) is 0 Å². The molecular formula is C14H22ClN3O2. The average molecular weight is 300 g/mol. The molecule has 1 aliphatic rings. The van der Waals surface area contributed by atoms with Gasteiger partial charge in [0.25, 0.3) is 0 Å². The van der Waals surface area contributed by atoms with E-state index in [0.29, 0.717) is 5.15 Å². The molecule has 0 bridgehead atoms. The highest BCUT2D eigenvalue weighted by Gasteiger charge is 2.34. The number of aromatic nitrogens is 2. The van der Waals surface area contributed by atoms with Gasteiger partial charge in [-0.25, -0.2) is 9.97 Å². The lowest BCUT2D eigenvalue weighted by Gasteiger charge is -2.20. The molecule has 112 valence electrons. The zero-order valence-electron chi connectivity index (χ0n) is 12.5. The van der Waals surface area contributed by atoms with Gasteiger partial charge in [-0.3, -0.25) is 0 Å². The zero-order chi connectivity index (χ0) is 14.7. The van der Waals surface area contributed by atoms with Crippen molar-refractivity contribution in [1.82, 2.24) is 9.97 Å². The number of hydrogen-bond acceptors (Lipinski definition) is 5. The standard InChI is InChI=1S/C14H22ClN3O2/c1-5-6-12-16-13(15)9(2)14(17-12)18-7-10(19-3)11(8-18)20-4/h10-11H,5-8H2,1-4H3. The van der Waals surface area contributed by atoms with Crippen LogP contribution in [-0.2, 0) is 15.9 Å². The van der Waals surface area contributed by atoms with E-state index in [2.05, 4.69) is 21.8 Å². The zero-order valence-corrected chi connectivity index (χ0v) is 13.3. The molecule has 20 heavy (non-hydrogen) atoms. The van der Waals surface area contributed by atoms with Crippen LogP contribution in [0.3, 0.4) is 0 Å². The Morgan fingerprint density at radius 1 is 1.20 bits per heavy atom. The third-order valence-electron chi connectivity index (χ3n) is 3.70. The lowest BCUT2D eigenvalue weighted by molar-refractivity contribution is -0.00461. The van der Waals surface area contributed by atoms with Gasteiger partial charge in [0, 0.05) is 39.3 Å². The van der Waals surface area contributed by atoms with Crippen LogP contribution in [0.5, 0.6) is 0 Å². The molecule has 1 aliphatic heterocycles. The molecule has 0 radical (unpaired) electrons. The molecule has 0 spiro atoms. The van der Waals surface area contributed by atoms with Crippen molar-refractivity contribution in [2.45, 2.75) is 38.9 Å². The van der Waals surface area contributed by atoms with Gasteiger partial charge in [-0.05, 0) is 13.3 Å². The average Bonchev–Trinajstić information content (AvgIpc) is 2.86. The second-order valence-corrected chi connectivity index (χ2v) is 5.44. The minimum atomic E-state index is 0.0581. The molecular weight excluding hydrogens is 278 g/mol. The Morgan fingerprint density at radius 3 is 2.30 bits per heavy atom. The normalized spacial score (nSPS) is 22.6. The van der Waals surface area contributed by atoms with Gasteiger partial charge in [0.1, 0.15) is 29.0 Å². The largest absolute Gasteiger partial charge is 0.377 e. The predicted octanol–water partition coefficient (Wildman–Crippen LogP) is 2.24. The molecule has 5 nitrogen and oxygen atoms in total. The van der Waals surface area contributed by atoms with E-state index in [1.165, 1.54) is 0 Å². The molecule has 0 saturated carbocycles. The first-order chi connectivity index (χ1) is 9.60. The Kier molecular flexibility index (Phi) is 5.18. The van der Waals surface area contributed by atoms with Crippen LogP contribution in [-0.4, -0.2) is 49.5 Å². The maximum absolute atomic E-state index is 6.23. The van der Waals surface area contributed by atoms with Crippen molar-refractivity contribution in [3.05, 3.63) is 16.5 Å². The van der Waals surface area contributed by atoms with Gasteiger partial charge in [0.05, 0.1) is 0 Å². The van der Waals surface area contributed by atoms with Gasteiger partial charge >= 0.3 is 0 Å². The first-order valence-electron chi connectivity index (χ1n) is 6.94. The quantitative estimate of drug-likeness (QED) is 0.780. The SMILES string of the molecule is CCCc1nc(Cl)c(C)c(N2CC(OC)C(OC)C2)n1. The Hall–Kier alpha value is -0.910. The molecule has 2 atom stereocenters. The number of hydrogen-bond donors (Lipinski definition) is 0. The number of anilines is 1. The molecule has 2 unspecified atom stereocenters. The van der Waals surface area contributed by atoms with Gasteiger partial charge in [0.15, 0.2) is 0 Å². The highest BCUT2D eigenvalue weighted by atomic mass is 35.5. The van der Waals surface area contributed by atoms with Crippen molar-refractivity contribution >= 4 is 17.4 Å². The summed E-state index contributed by atoms with van der Waals surface area (Å²) in [5.41, 5.74) is 0.915. The fraction of sp³-hybridized carbons (Fsp3) is 0.714. The Morgan fingerprint density at radius 2 is 1.80 bits per heavy atom. The second kappa shape index (κ2) is 6.70. The summed E-state index contributed by atoms with van der Waals surface area (Å²) in [4.78, 5) is 11.2. The highest BCUT2D eigenvalue weighted by Crippen LogP contribution is 2.28. The summed E-state index contributed by atoms with van der Waals surface area (Å²) in [7, 11) is 3.42. The minimum absolute atomic E-state index is 0.0581. The molecule has 6 heteroatoms. The van der Waals surface area contributed by atoms with Gasteiger partial charge in [-0.1, -0.05) is 18.5 Å². The molecule has 0 aliphatic carbocycles. The third-order valence-corrected chi connectivity index (χ3v) is 4.07. The van der Waals surface area contributed by atoms with Crippen molar-refractivity contribution in [3.8, 4) is 0 Å². The molecule has 0 amide bonds. The smallest absolute Gasteiger partial charge is 0.137 e. The van der Waals surface area contributed by atoms with Gasteiger partial charge in [-0.15, -0.1) is 0 Å². The number of rotatable bonds is 5. The molecule has 1 aromatic heterocycles. The lowest BCUT2D eigenvalue weighted by atomic mass is 10.3. The topological polar surface area (TPSA) is 47.5 Å². The van der Waals surface area contributed by atoms with E-state index in [-0.39, 0.29) is 12.2 Å². The summed E-state index contributed by atoms with van der Waals surface area (Å²) in [5, 5.41) is 0.535. The molecule has 1 saturated heterocycles. The fourth-order valence-corrected chi connectivity index (χ4v) is 2.72. The maximum Gasteiger partial charge on any atom is 0.137 e. The van der Waals surface area contributed by atoms with E-state index in [4.69, 9.17) is 21.1 Å².